The summed E-state index contributed by atoms with van der Waals surface area (Å²) in [5, 5.41) is 0. The van der Waals surface area contributed by atoms with E-state index in [4.69, 9.17) is 18.9 Å². The third-order valence-corrected chi connectivity index (χ3v) is 6.55. The molecular formula is C24H25F3O7S. The summed E-state index contributed by atoms with van der Waals surface area (Å²) in [7, 11) is -5.83. The van der Waals surface area contributed by atoms with E-state index >= 15 is 0 Å². The van der Waals surface area contributed by atoms with E-state index in [-0.39, 0.29) is 26.1 Å². The fraction of sp³-hybridized carbons (Fsp3) is 0.417. The summed E-state index contributed by atoms with van der Waals surface area (Å²) in [4.78, 5) is 0. The fourth-order valence-corrected chi connectivity index (χ4v) is 4.27. The van der Waals surface area contributed by atoms with Crippen molar-refractivity contribution in [2.24, 2.45) is 0 Å². The molecule has 0 radical (unpaired) electrons. The second kappa shape index (κ2) is 11.0. The molecule has 2 aliphatic heterocycles. The lowest BCUT2D eigenvalue weighted by Gasteiger charge is -2.42. The van der Waals surface area contributed by atoms with Crippen molar-refractivity contribution < 1.29 is 44.7 Å². The Bertz CT molecular complexity index is 1090. The molecule has 1 fully saturated rings. The first-order chi connectivity index (χ1) is 16.7. The van der Waals surface area contributed by atoms with E-state index in [0.717, 1.165) is 17.2 Å². The summed E-state index contributed by atoms with van der Waals surface area (Å²) in [5.41, 5.74) is -3.62. The van der Waals surface area contributed by atoms with Crippen molar-refractivity contribution in [2.75, 3.05) is 6.61 Å². The summed E-state index contributed by atoms with van der Waals surface area (Å²) in [6.45, 7) is 0.889. The van der Waals surface area contributed by atoms with E-state index < -0.39 is 46.0 Å². The van der Waals surface area contributed by atoms with Gasteiger partial charge in [-0.2, -0.15) is 21.6 Å². The molecule has 0 unspecified atom stereocenters. The number of hydrogen-bond acceptors (Lipinski definition) is 7. The highest BCUT2D eigenvalue weighted by Crippen LogP contribution is 2.35. The molecule has 0 aliphatic carbocycles. The lowest BCUT2D eigenvalue weighted by Crippen LogP contribution is -2.52. The Kier molecular flexibility index (Phi) is 8.00. The number of ether oxygens (including phenoxy) is 4. The van der Waals surface area contributed by atoms with Gasteiger partial charge in [0.25, 0.3) is 5.95 Å². The molecule has 0 bridgehead atoms. The quantitative estimate of drug-likeness (QED) is 0.362. The molecule has 0 spiro atoms. The fourth-order valence-electron chi connectivity index (χ4n) is 3.85. The van der Waals surface area contributed by atoms with Crippen LogP contribution in [0.5, 0.6) is 0 Å². The van der Waals surface area contributed by atoms with Crippen LogP contribution in [0.1, 0.15) is 24.0 Å². The molecule has 0 saturated carbocycles. The highest BCUT2D eigenvalue weighted by Gasteiger charge is 2.50. The van der Waals surface area contributed by atoms with E-state index in [1.54, 1.807) is 0 Å². The van der Waals surface area contributed by atoms with Gasteiger partial charge in [-0.25, -0.2) is 0 Å². The van der Waals surface area contributed by atoms with E-state index in [1.807, 2.05) is 60.7 Å². The summed E-state index contributed by atoms with van der Waals surface area (Å²) in [6.07, 6.45) is -0.718. The zero-order chi connectivity index (χ0) is 24.9. The first-order valence-corrected chi connectivity index (χ1v) is 12.4. The van der Waals surface area contributed by atoms with Crippen molar-refractivity contribution in [1.82, 2.24) is 0 Å². The maximum atomic E-state index is 12.7. The Hall–Kier alpha value is -2.60. The van der Waals surface area contributed by atoms with Gasteiger partial charge in [-0.1, -0.05) is 60.7 Å². The van der Waals surface area contributed by atoms with Crippen LogP contribution in [0.4, 0.5) is 13.2 Å². The van der Waals surface area contributed by atoms with Crippen LogP contribution in [0.3, 0.4) is 0 Å². The van der Waals surface area contributed by atoms with E-state index in [2.05, 4.69) is 4.18 Å². The van der Waals surface area contributed by atoms with Gasteiger partial charge in [-0.05, 0) is 11.1 Å². The molecule has 2 heterocycles. The number of benzene rings is 2. The average Bonchev–Trinajstić information content (AvgIpc) is 2.83. The molecule has 0 amide bonds. The van der Waals surface area contributed by atoms with Crippen LogP contribution in [0.15, 0.2) is 72.7 Å². The maximum Gasteiger partial charge on any atom is 0.534 e. The second-order valence-electron chi connectivity index (χ2n) is 8.18. The molecule has 4 rings (SSSR count). The highest BCUT2D eigenvalue weighted by molar-refractivity contribution is 7.87. The Morgan fingerprint density at radius 3 is 2.17 bits per heavy atom. The molecule has 35 heavy (non-hydrogen) atoms. The van der Waals surface area contributed by atoms with Crippen molar-refractivity contribution in [3.8, 4) is 0 Å². The van der Waals surface area contributed by atoms with Crippen molar-refractivity contribution in [2.45, 2.75) is 56.0 Å². The number of alkyl halides is 3. The smallest absolute Gasteiger partial charge is 0.459 e. The molecule has 1 saturated heterocycles. The minimum absolute atomic E-state index is 0.119. The van der Waals surface area contributed by atoms with Gasteiger partial charge < -0.3 is 23.1 Å². The lowest BCUT2D eigenvalue weighted by molar-refractivity contribution is -0.215. The molecular weight excluding hydrogens is 489 g/mol. The zero-order valence-corrected chi connectivity index (χ0v) is 19.4. The molecule has 0 N–H and O–H groups in total. The Morgan fingerprint density at radius 2 is 1.54 bits per heavy atom. The minimum atomic E-state index is -5.83. The Balaban J connectivity index is 1.42. The van der Waals surface area contributed by atoms with Crippen LogP contribution < -0.4 is 0 Å². The first-order valence-electron chi connectivity index (χ1n) is 11.0. The molecule has 2 aromatic carbocycles. The molecule has 7 nitrogen and oxygen atoms in total. The van der Waals surface area contributed by atoms with E-state index in [1.165, 1.54) is 0 Å². The van der Waals surface area contributed by atoms with Crippen molar-refractivity contribution in [3.05, 3.63) is 83.8 Å². The monoisotopic (exact) mass is 514 g/mol. The number of halogens is 3. The number of rotatable bonds is 9. The molecule has 11 heteroatoms. The molecule has 4 atom stereocenters. The number of fused-ring (bicyclic) bond motifs is 1. The number of hydrogen-bond donors (Lipinski definition) is 0. The van der Waals surface area contributed by atoms with Crippen molar-refractivity contribution >= 4 is 10.1 Å². The van der Waals surface area contributed by atoms with Crippen molar-refractivity contribution in [1.29, 1.82) is 0 Å². The van der Waals surface area contributed by atoms with Crippen LogP contribution in [-0.2, 0) is 46.5 Å². The van der Waals surface area contributed by atoms with Gasteiger partial charge in [0.15, 0.2) is 0 Å². The Morgan fingerprint density at radius 1 is 0.914 bits per heavy atom. The highest BCUT2D eigenvalue weighted by atomic mass is 32.2. The standard InChI is InChI=1S/C24H25F3O7S/c25-24(26,27)35(28,29)34-23-12-11-19-21(33-23)13-20(31-15-18-9-5-2-6-10-18)22(32-19)16-30-14-17-7-3-1-4-8-17/h1-10,12,19-22H,11,13-16H2/t19-,20-,21+,22+/m0/s1. The lowest BCUT2D eigenvalue weighted by atomic mass is 9.95. The maximum absolute atomic E-state index is 12.7. The summed E-state index contributed by atoms with van der Waals surface area (Å²) < 4.78 is 88.4. The van der Waals surface area contributed by atoms with E-state index in [9.17, 15) is 21.6 Å². The van der Waals surface area contributed by atoms with Crippen LogP contribution in [0, 0.1) is 0 Å². The van der Waals surface area contributed by atoms with Gasteiger partial charge in [-0.3, -0.25) is 0 Å². The third-order valence-electron chi connectivity index (χ3n) is 5.60. The average molecular weight is 515 g/mol. The first kappa shape index (κ1) is 25.5. The molecule has 190 valence electrons. The molecule has 0 aromatic heterocycles. The van der Waals surface area contributed by atoms with Crippen LogP contribution in [0.2, 0.25) is 0 Å². The Labute approximate surface area is 201 Å². The van der Waals surface area contributed by atoms with Gasteiger partial charge >= 0.3 is 15.6 Å². The van der Waals surface area contributed by atoms with Gasteiger partial charge in [0.1, 0.15) is 12.2 Å². The van der Waals surface area contributed by atoms with Crippen molar-refractivity contribution in [3.63, 3.8) is 0 Å². The third kappa shape index (κ3) is 6.75. The van der Waals surface area contributed by atoms with Crippen LogP contribution in [-0.4, -0.2) is 44.9 Å². The summed E-state index contributed by atoms with van der Waals surface area (Å²) >= 11 is 0. The summed E-state index contributed by atoms with van der Waals surface area (Å²) in [5.74, 6) is -0.715. The van der Waals surface area contributed by atoms with Gasteiger partial charge in [0.2, 0.25) is 0 Å². The summed E-state index contributed by atoms with van der Waals surface area (Å²) in [6, 6.07) is 19.1. The predicted octanol–water partition coefficient (Wildman–Crippen LogP) is 4.44. The van der Waals surface area contributed by atoms with Crippen LogP contribution >= 0.6 is 0 Å². The SMILES string of the molecule is O=S(=O)(OC1=CC[C@@H]2O[C@H](COCc3ccccc3)[C@@H](OCc3ccccc3)C[C@H]2O1)C(F)(F)F. The van der Waals surface area contributed by atoms with Crippen LogP contribution in [0.25, 0.3) is 0 Å². The second-order valence-corrected chi connectivity index (χ2v) is 9.72. The van der Waals surface area contributed by atoms with E-state index in [0.29, 0.717) is 6.61 Å². The topological polar surface area (TPSA) is 80.3 Å². The zero-order valence-electron chi connectivity index (χ0n) is 18.6. The minimum Gasteiger partial charge on any atom is -0.459 e. The predicted molar refractivity (Wildman–Crippen MR) is 118 cm³/mol. The van der Waals surface area contributed by atoms with Gasteiger partial charge in [0, 0.05) is 18.9 Å². The van der Waals surface area contributed by atoms with Gasteiger partial charge in [0.05, 0.1) is 32.0 Å². The molecule has 2 aliphatic rings. The van der Waals surface area contributed by atoms with Gasteiger partial charge in [-0.15, -0.1) is 0 Å². The normalized spacial score (nSPS) is 24.7. The molecule has 2 aromatic rings. The largest absolute Gasteiger partial charge is 0.534 e.